The Morgan fingerprint density at radius 1 is 1.15 bits per heavy atom. The number of nitrogen functional groups attached to an aromatic ring is 1. The number of nitrogens with two attached hydrogens (primary N) is 2. The maximum Gasteiger partial charge on any atom is 0.416 e. The molecule has 2 aromatic heterocycles. The zero-order valence-electron chi connectivity index (χ0n) is 25.5. The van der Waals surface area contributed by atoms with Gasteiger partial charge in [0, 0.05) is 24.9 Å². The van der Waals surface area contributed by atoms with Gasteiger partial charge in [-0.25, -0.2) is 4.68 Å². The van der Waals surface area contributed by atoms with Crippen LogP contribution >= 0.6 is 42.2 Å². The lowest BCUT2D eigenvalue weighted by atomic mass is 10.1. The summed E-state index contributed by atoms with van der Waals surface area (Å²) in [5.74, 6) is -0.565. The van der Waals surface area contributed by atoms with Crippen LogP contribution in [0.3, 0.4) is 0 Å². The predicted molar refractivity (Wildman–Crippen MR) is 173 cm³/mol. The number of carbonyl (C=O) groups is 1. The molecule has 3 aromatic rings. The van der Waals surface area contributed by atoms with Gasteiger partial charge in [0.15, 0.2) is 7.37 Å². The second-order valence-electron chi connectivity index (χ2n) is 10.5. The Kier molecular flexibility index (Phi) is 15.1. The van der Waals surface area contributed by atoms with E-state index in [1.807, 2.05) is 27.7 Å². The van der Waals surface area contributed by atoms with Crippen molar-refractivity contribution in [3.05, 3.63) is 49.3 Å². The first-order valence-corrected chi connectivity index (χ1v) is 16.5. The van der Waals surface area contributed by atoms with Crippen LogP contribution in [0.1, 0.15) is 39.7 Å². The van der Waals surface area contributed by atoms with Crippen molar-refractivity contribution < 1.29 is 37.5 Å². The second kappa shape index (κ2) is 17.1. The number of aliphatic carboxylic acids is 1. The molecule has 0 saturated heterocycles. The van der Waals surface area contributed by atoms with E-state index in [2.05, 4.69) is 30.7 Å². The van der Waals surface area contributed by atoms with E-state index in [0.29, 0.717) is 24.0 Å². The van der Waals surface area contributed by atoms with Crippen LogP contribution in [0.4, 0.5) is 36.6 Å². The molecule has 8 N–H and O–H groups in total. The van der Waals surface area contributed by atoms with E-state index in [1.54, 1.807) is 0 Å². The smallest absolute Gasteiger partial charge is 0.416 e. The van der Waals surface area contributed by atoms with Crippen molar-refractivity contribution in [2.45, 2.75) is 51.9 Å². The summed E-state index contributed by atoms with van der Waals surface area (Å²) in [5.41, 5.74) is 8.77. The summed E-state index contributed by atoms with van der Waals surface area (Å²) in [6.45, 7) is 9.97. The number of aromatic nitrogens is 5. The van der Waals surface area contributed by atoms with Gasteiger partial charge in [-0.05, 0) is 57.8 Å². The van der Waals surface area contributed by atoms with E-state index in [-0.39, 0.29) is 39.1 Å². The zero-order valence-corrected chi connectivity index (χ0v) is 28.7. The number of nitro groups is 1. The fraction of sp³-hybridized carbons (Fsp3) is 0.458. The number of carboxylic acids is 1. The summed E-state index contributed by atoms with van der Waals surface area (Å²) < 4.78 is 49.3. The van der Waals surface area contributed by atoms with E-state index >= 15 is 0 Å². The molecule has 0 aliphatic heterocycles. The van der Waals surface area contributed by atoms with Crippen molar-refractivity contribution in [2.24, 2.45) is 5.73 Å². The third kappa shape index (κ3) is 14.4. The topological polar surface area (TPSA) is 250 Å². The van der Waals surface area contributed by atoms with Gasteiger partial charge in [0.2, 0.25) is 23.0 Å². The largest absolute Gasteiger partial charge is 0.480 e. The number of hydrogen-bond acceptors (Lipinski definition) is 12. The average Bonchev–Trinajstić information content (AvgIpc) is 3.26. The molecular weight excluding hydrogens is 719 g/mol. The van der Waals surface area contributed by atoms with Gasteiger partial charge in [-0.1, -0.05) is 23.2 Å². The first kappa shape index (κ1) is 41.5. The van der Waals surface area contributed by atoms with Crippen LogP contribution in [-0.4, -0.2) is 76.6 Å². The number of rotatable bonds is 9. The van der Waals surface area contributed by atoms with E-state index in [4.69, 9.17) is 56.3 Å². The molecule has 3 rings (SSSR count). The summed E-state index contributed by atoms with van der Waals surface area (Å²) in [4.78, 5) is 40.9. The number of carboxylic acid groups (broad SMARTS) is 1. The van der Waals surface area contributed by atoms with Crippen molar-refractivity contribution in [1.29, 1.82) is 0 Å². The van der Waals surface area contributed by atoms with Gasteiger partial charge in [-0.15, -0.1) is 0 Å². The van der Waals surface area contributed by atoms with Gasteiger partial charge in [-0.2, -0.15) is 33.2 Å². The van der Waals surface area contributed by atoms with Gasteiger partial charge in [0.1, 0.15) is 17.9 Å². The maximum atomic E-state index is 12.6. The summed E-state index contributed by atoms with van der Waals surface area (Å²) >= 11 is 17.3. The molecule has 1 aromatic carbocycles. The summed E-state index contributed by atoms with van der Waals surface area (Å²) in [6.07, 6.45) is -3.78. The number of nitrogens with zero attached hydrogens (tertiary/aromatic N) is 6. The number of anilines is 3. The summed E-state index contributed by atoms with van der Waals surface area (Å²) in [7, 11) is -3.10. The van der Waals surface area contributed by atoms with Crippen LogP contribution in [0.15, 0.2) is 18.3 Å². The van der Waals surface area contributed by atoms with Gasteiger partial charge in [0.25, 0.3) is 0 Å². The highest BCUT2D eigenvalue weighted by atomic mass is 35.5. The van der Waals surface area contributed by atoms with Crippen LogP contribution in [0.2, 0.25) is 15.3 Å². The molecular formula is C24H33Cl3F3N10O6P. The monoisotopic (exact) mass is 750 g/mol. The third-order valence-corrected chi connectivity index (χ3v) is 6.97. The van der Waals surface area contributed by atoms with Crippen molar-refractivity contribution in [3.8, 4) is 5.69 Å². The first-order valence-electron chi connectivity index (χ1n) is 13.1. The minimum absolute atomic E-state index is 0.0412. The Morgan fingerprint density at radius 3 is 2.09 bits per heavy atom. The molecule has 0 radical (unpaired) electrons. The number of halogens is 6. The van der Waals surface area contributed by atoms with Crippen LogP contribution in [0, 0.1) is 10.1 Å². The van der Waals surface area contributed by atoms with Crippen LogP contribution in [-0.2, 0) is 15.5 Å². The molecule has 16 nitrogen and oxygen atoms in total. The predicted octanol–water partition coefficient (Wildman–Crippen LogP) is 5.54. The lowest BCUT2D eigenvalue weighted by Gasteiger charge is -2.20. The Bertz CT molecular complexity index is 1580. The molecule has 0 amide bonds. The number of nitrogens with one attached hydrogen (secondary N) is 2. The molecule has 0 aliphatic carbocycles. The van der Waals surface area contributed by atoms with E-state index < -0.39 is 47.5 Å². The first-order chi connectivity index (χ1) is 21.4. The van der Waals surface area contributed by atoms with E-state index in [9.17, 15) is 32.6 Å². The quantitative estimate of drug-likeness (QED) is 0.0892. The Morgan fingerprint density at radius 2 is 1.68 bits per heavy atom. The standard InChI is InChI=1S/C10H5Cl2F3N4O2.C9H16ClN5.C5H12NO4P/c11-5-1-4(10(13,14)15)2-6(12)8(5)18-9(16)7(3-17-18)19(20)21;1-5-11-7-12-6(10)13-8(14-7)15-9(2,3)4;1-11(9,10)3-2-4(6)5(7)8/h1-3H,16H2;5H2,1-4H3,(H2,11,12,13,14,15);4H,2-3,6H2,1H3,(H,7,8)(H,9,10). The molecule has 0 bridgehead atoms. The van der Waals surface area contributed by atoms with Crippen molar-refractivity contribution in [3.63, 3.8) is 0 Å². The normalized spacial score (nSPS) is 13.2. The van der Waals surface area contributed by atoms with Crippen molar-refractivity contribution in [1.82, 2.24) is 24.7 Å². The average molecular weight is 752 g/mol. The summed E-state index contributed by atoms with van der Waals surface area (Å²) in [5, 5.41) is 28.1. The minimum atomic E-state index is -4.63. The SMILES string of the molecule is CCNc1nc(Cl)nc(NC(C)(C)C)n1.CP(=O)(O)CCC(N)C(=O)O.Nc1c([N+](=O)[O-])cnn1-c1c(Cl)cc(C(F)(F)F)cc1Cl. The number of alkyl halides is 3. The number of hydrogen-bond donors (Lipinski definition) is 6. The van der Waals surface area contributed by atoms with Gasteiger partial charge >= 0.3 is 17.8 Å². The molecule has 0 fully saturated rings. The molecule has 2 atom stereocenters. The molecule has 0 saturated carbocycles. The highest BCUT2D eigenvalue weighted by Crippen LogP contribution is 2.39. The fourth-order valence-corrected chi connectivity index (χ4v) is 4.64. The highest BCUT2D eigenvalue weighted by Gasteiger charge is 2.33. The number of benzene rings is 1. The summed E-state index contributed by atoms with van der Waals surface area (Å²) in [6, 6.07) is 0.237. The lowest BCUT2D eigenvalue weighted by molar-refractivity contribution is -0.383. The third-order valence-electron chi connectivity index (χ3n) is 5.14. The molecule has 0 spiro atoms. The highest BCUT2D eigenvalue weighted by molar-refractivity contribution is 7.57. The fourth-order valence-electron chi connectivity index (χ4n) is 3.08. The Balaban J connectivity index is 0.000000374. The van der Waals surface area contributed by atoms with Gasteiger partial charge < -0.3 is 32.1 Å². The lowest BCUT2D eigenvalue weighted by Crippen LogP contribution is -2.30. The molecule has 262 valence electrons. The zero-order chi connectivity index (χ0) is 36.5. The van der Waals surface area contributed by atoms with E-state index in [1.165, 1.54) is 6.66 Å². The van der Waals surface area contributed by atoms with Crippen LogP contribution in [0.25, 0.3) is 5.69 Å². The van der Waals surface area contributed by atoms with E-state index in [0.717, 1.165) is 17.4 Å². The van der Waals surface area contributed by atoms with Crippen LogP contribution in [0.5, 0.6) is 0 Å². The van der Waals surface area contributed by atoms with Gasteiger partial charge in [-0.3, -0.25) is 19.5 Å². The molecule has 2 heterocycles. The molecule has 47 heavy (non-hydrogen) atoms. The maximum absolute atomic E-state index is 12.6. The van der Waals surface area contributed by atoms with Crippen molar-refractivity contribution in [2.75, 3.05) is 35.7 Å². The Hall–Kier alpha value is -3.48. The molecule has 23 heteroatoms. The molecule has 2 unspecified atom stereocenters. The second-order valence-corrected chi connectivity index (χ2v) is 14.2. The Labute approximate surface area is 281 Å². The van der Waals surface area contributed by atoms with Crippen LogP contribution < -0.4 is 22.1 Å². The van der Waals surface area contributed by atoms with Crippen molar-refractivity contribution >= 4 is 71.5 Å². The molecule has 0 aliphatic rings. The van der Waals surface area contributed by atoms with Gasteiger partial charge in [0.05, 0.1) is 20.5 Å². The minimum Gasteiger partial charge on any atom is -0.480 e.